The molecule has 2 amide bonds. The maximum absolute atomic E-state index is 12.2. The molecule has 0 aliphatic rings. The van der Waals surface area contributed by atoms with Crippen LogP contribution < -0.4 is 22.1 Å². The van der Waals surface area contributed by atoms with E-state index in [1.807, 2.05) is 0 Å². The Morgan fingerprint density at radius 1 is 0.960 bits per heavy atom. The second-order valence-electron chi connectivity index (χ2n) is 5.47. The summed E-state index contributed by atoms with van der Waals surface area (Å²) in [5.74, 6) is -4.00. The first kappa shape index (κ1) is 23.1. The summed E-state index contributed by atoms with van der Waals surface area (Å²) in [5, 5.41) is 22.3. The molecule has 10 nitrogen and oxygen atoms in total. The Kier molecular flexibility index (Phi) is 11.6. The molecule has 0 rings (SSSR count). The molecule has 0 fully saturated rings. The fourth-order valence-electron chi connectivity index (χ4n) is 1.91. The van der Waals surface area contributed by atoms with E-state index >= 15 is 0 Å². The Bertz CT molecular complexity index is 476. The molecule has 0 saturated carbocycles. The monoisotopic (exact) mass is 378 g/mol. The Balaban J connectivity index is 4.85. The van der Waals surface area contributed by atoms with Crippen molar-refractivity contribution in [2.75, 3.05) is 12.3 Å². The largest absolute Gasteiger partial charge is 0.481 e. The van der Waals surface area contributed by atoms with Crippen LogP contribution in [0.3, 0.4) is 0 Å². The molecule has 8 N–H and O–H groups in total. The van der Waals surface area contributed by atoms with Gasteiger partial charge in [-0.3, -0.25) is 14.4 Å². The van der Waals surface area contributed by atoms with Gasteiger partial charge < -0.3 is 32.3 Å². The van der Waals surface area contributed by atoms with E-state index in [-0.39, 0.29) is 18.6 Å². The van der Waals surface area contributed by atoms with E-state index in [1.54, 1.807) is 0 Å². The molecule has 0 aromatic heterocycles. The Morgan fingerprint density at radius 3 is 2.04 bits per heavy atom. The van der Waals surface area contributed by atoms with Crippen LogP contribution in [0.2, 0.25) is 0 Å². The number of unbranched alkanes of at least 4 members (excludes halogenated alkanes) is 1. The van der Waals surface area contributed by atoms with Gasteiger partial charge in [0.25, 0.3) is 0 Å². The van der Waals surface area contributed by atoms with Gasteiger partial charge in [-0.15, -0.1) is 0 Å². The molecule has 0 aliphatic carbocycles. The smallest absolute Gasteiger partial charge is 0.327 e. The van der Waals surface area contributed by atoms with Gasteiger partial charge in [-0.2, -0.15) is 12.6 Å². The average Bonchev–Trinajstić information content (AvgIpc) is 2.55. The highest BCUT2D eigenvalue weighted by Gasteiger charge is 2.27. The first-order valence-electron chi connectivity index (χ1n) is 7.84. The summed E-state index contributed by atoms with van der Waals surface area (Å²) in [6.07, 6.45) is 1.13. The number of carboxylic acids is 2. The molecule has 0 aromatic rings. The summed E-state index contributed by atoms with van der Waals surface area (Å²) in [6, 6.07) is -3.32. The van der Waals surface area contributed by atoms with Gasteiger partial charge in [-0.25, -0.2) is 4.79 Å². The van der Waals surface area contributed by atoms with Crippen molar-refractivity contribution < 1.29 is 29.4 Å². The lowest BCUT2D eigenvalue weighted by molar-refractivity contribution is -0.142. The van der Waals surface area contributed by atoms with Gasteiger partial charge in [-0.05, 0) is 25.8 Å². The van der Waals surface area contributed by atoms with Gasteiger partial charge >= 0.3 is 11.9 Å². The lowest BCUT2D eigenvalue weighted by atomic mass is 10.1. The van der Waals surface area contributed by atoms with Crippen LogP contribution in [-0.2, 0) is 19.2 Å². The molecule has 0 bridgehead atoms. The van der Waals surface area contributed by atoms with E-state index in [4.69, 9.17) is 21.7 Å². The summed E-state index contributed by atoms with van der Waals surface area (Å²) in [4.78, 5) is 45.9. The third-order valence-corrected chi connectivity index (χ3v) is 3.75. The van der Waals surface area contributed by atoms with Crippen LogP contribution in [-0.4, -0.2) is 64.4 Å². The van der Waals surface area contributed by atoms with Crippen LogP contribution in [0.15, 0.2) is 0 Å². The zero-order chi connectivity index (χ0) is 19.4. The number of hydrogen-bond donors (Lipinski definition) is 7. The highest BCUT2D eigenvalue weighted by atomic mass is 32.1. The quantitative estimate of drug-likeness (QED) is 0.146. The summed E-state index contributed by atoms with van der Waals surface area (Å²) in [6.45, 7) is 0.471. The molecular formula is C14H26N4O6S. The highest BCUT2D eigenvalue weighted by molar-refractivity contribution is 7.80. The number of aliphatic carboxylic acids is 2. The van der Waals surface area contributed by atoms with Crippen LogP contribution in [0.5, 0.6) is 0 Å². The topological polar surface area (TPSA) is 185 Å². The number of nitrogens with one attached hydrogen (secondary N) is 2. The van der Waals surface area contributed by atoms with Gasteiger partial charge in [-0.1, -0.05) is 6.42 Å². The summed E-state index contributed by atoms with van der Waals surface area (Å²) < 4.78 is 0. The zero-order valence-electron chi connectivity index (χ0n) is 13.8. The first-order chi connectivity index (χ1) is 11.7. The molecule has 3 atom stereocenters. The van der Waals surface area contributed by atoms with Gasteiger partial charge in [0.2, 0.25) is 11.8 Å². The van der Waals surface area contributed by atoms with Crippen molar-refractivity contribution in [3.8, 4) is 0 Å². The van der Waals surface area contributed by atoms with Crippen molar-refractivity contribution in [3.63, 3.8) is 0 Å². The van der Waals surface area contributed by atoms with E-state index in [2.05, 4.69) is 23.3 Å². The number of hydrogen-bond acceptors (Lipinski definition) is 7. The molecule has 0 spiro atoms. The third-order valence-electron chi connectivity index (χ3n) is 3.38. The lowest BCUT2D eigenvalue weighted by Gasteiger charge is -2.22. The predicted octanol–water partition coefficient (Wildman–Crippen LogP) is -1.71. The zero-order valence-corrected chi connectivity index (χ0v) is 14.7. The number of carbonyl (C=O) groups excluding carboxylic acids is 2. The van der Waals surface area contributed by atoms with Crippen LogP contribution >= 0.6 is 12.6 Å². The van der Waals surface area contributed by atoms with Crippen molar-refractivity contribution in [2.24, 2.45) is 11.5 Å². The van der Waals surface area contributed by atoms with Crippen LogP contribution in [0.25, 0.3) is 0 Å². The van der Waals surface area contributed by atoms with Crippen LogP contribution in [0.4, 0.5) is 0 Å². The Hall–Kier alpha value is -1.85. The molecule has 0 saturated heterocycles. The van der Waals surface area contributed by atoms with Crippen molar-refractivity contribution in [3.05, 3.63) is 0 Å². The number of carboxylic acid groups (broad SMARTS) is 2. The number of thiol groups is 1. The van der Waals surface area contributed by atoms with Gasteiger partial charge in [0.05, 0.1) is 6.04 Å². The van der Waals surface area contributed by atoms with Crippen molar-refractivity contribution in [2.45, 2.75) is 50.2 Å². The lowest BCUT2D eigenvalue weighted by Crippen LogP contribution is -2.54. The number of carbonyl (C=O) groups is 4. The first-order valence-corrected chi connectivity index (χ1v) is 8.48. The van der Waals surface area contributed by atoms with Gasteiger partial charge in [0.15, 0.2) is 0 Å². The average molecular weight is 378 g/mol. The Labute approximate surface area is 151 Å². The summed E-state index contributed by atoms with van der Waals surface area (Å²) in [7, 11) is 0. The van der Waals surface area contributed by atoms with E-state index in [0.29, 0.717) is 25.8 Å². The van der Waals surface area contributed by atoms with Crippen molar-refractivity contribution in [1.29, 1.82) is 0 Å². The fourth-order valence-corrected chi connectivity index (χ4v) is 2.16. The second-order valence-corrected chi connectivity index (χ2v) is 5.83. The van der Waals surface area contributed by atoms with Gasteiger partial charge in [0, 0.05) is 12.2 Å². The number of rotatable bonds is 13. The molecule has 3 unspecified atom stereocenters. The van der Waals surface area contributed by atoms with Crippen molar-refractivity contribution in [1.82, 2.24) is 10.6 Å². The van der Waals surface area contributed by atoms with Gasteiger partial charge in [0.1, 0.15) is 12.1 Å². The molecule has 11 heteroatoms. The third kappa shape index (κ3) is 9.89. The van der Waals surface area contributed by atoms with Crippen molar-refractivity contribution >= 4 is 36.4 Å². The second kappa shape index (κ2) is 12.5. The predicted molar refractivity (Wildman–Crippen MR) is 93.1 cm³/mol. The standard InChI is InChI=1S/C14H26N4O6S/c15-6-2-1-3-8(16)12(21)17-9(4-5-11(19)20)13(22)18-10(7-25)14(23)24/h8-10,25H,1-7,15-16H2,(H,17,21)(H,18,22)(H,19,20)(H,23,24). The normalized spacial score (nSPS) is 14.2. The molecule has 144 valence electrons. The molecule has 25 heavy (non-hydrogen) atoms. The molecule has 0 radical (unpaired) electrons. The highest BCUT2D eigenvalue weighted by Crippen LogP contribution is 2.03. The Morgan fingerprint density at radius 2 is 1.56 bits per heavy atom. The van der Waals surface area contributed by atoms with E-state index in [9.17, 15) is 19.2 Å². The minimum atomic E-state index is -1.29. The molecular weight excluding hydrogens is 352 g/mol. The maximum Gasteiger partial charge on any atom is 0.327 e. The van der Waals surface area contributed by atoms with E-state index < -0.39 is 41.9 Å². The molecule has 0 aliphatic heterocycles. The minimum absolute atomic E-state index is 0.153. The van der Waals surface area contributed by atoms with E-state index in [1.165, 1.54) is 0 Å². The fraction of sp³-hybridized carbons (Fsp3) is 0.714. The SMILES string of the molecule is NCCCCC(N)C(=O)NC(CCC(=O)O)C(=O)NC(CS)C(=O)O. The molecule has 0 heterocycles. The van der Waals surface area contributed by atoms with E-state index in [0.717, 1.165) is 0 Å². The molecule has 0 aromatic carbocycles. The van der Waals surface area contributed by atoms with Crippen LogP contribution in [0, 0.1) is 0 Å². The van der Waals surface area contributed by atoms with Crippen LogP contribution in [0.1, 0.15) is 32.1 Å². The summed E-state index contributed by atoms with van der Waals surface area (Å²) in [5.41, 5.74) is 11.1. The maximum atomic E-state index is 12.2. The number of nitrogens with two attached hydrogens (primary N) is 2. The summed E-state index contributed by atoms with van der Waals surface area (Å²) >= 11 is 3.83. The minimum Gasteiger partial charge on any atom is -0.481 e. The number of amides is 2.